The van der Waals surface area contributed by atoms with Crippen molar-refractivity contribution in [2.45, 2.75) is 26.1 Å². The van der Waals surface area contributed by atoms with E-state index in [1.54, 1.807) is 31.4 Å². The molecule has 8 heteroatoms. The molecule has 1 heterocycles. The number of carbonyl (C=O) groups excluding carboxylic acids is 3. The number of cyclic esters (lactones) is 1. The molecule has 2 aromatic carbocycles. The molecule has 1 saturated heterocycles. The summed E-state index contributed by atoms with van der Waals surface area (Å²) < 4.78 is 10.2. The first-order valence-electron chi connectivity index (χ1n) is 9.17. The topological polar surface area (TPSA) is 97.0 Å². The molecule has 0 aromatic heterocycles. The molecule has 29 heavy (non-hydrogen) atoms. The van der Waals surface area contributed by atoms with Gasteiger partial charge in [0.05, 0.1) is 13.7 Å². The standard InChI is InChI=1S/C21H23N3O5/c1-14(25)23-17-7-3-16(4-8-17)12-24-19(13-29-21(24)27)20(26)22-11-15-5-9-18(28-2)10-6-15/h3-10,19H,11-13H2,1-2H3,(H,22,26)(H,23,25)/t19-/m0/s1. The lowest BCUT2D eigenvalue weighted by atomic mass is 10.1. The summed E-state index contributed by atoms with van der Waals surface area (Å²) in [6.07, 6.45) is -0.527. The van der Waals surface area contributed by atoms with Crippen LogP contribution in [0.4, 0.5) is 10.5 Å². The van der Waals surface area contributed by atoms with Crippen LogP contribution in [0.2, 0.25) is 0 Å². The number of nitrogens with zero attached hydrogens (tertiary/aromatic N) is 1. The third-order valence-corrected chi connectivity index (χ3v) is 4.53. The predicted molar refractivity (Wildman–Crippen MR) is 106 cm³/mol. The van der Waals surface area contributed by atoms with Gasteiger partial charge in [-0.1, -0.05) is 24.3 Å². The molecule has 2 aromatic rings. The lowest BCUT2D eigenvalue weighted by molar-refractivity contribution is -0.125. The first-order chi connectivity index (χ1) is 14.0. The van der Waals surface area contributed by atoms with Crippen molar-refractivity contribution in [3.8, 4) is 5.75 Å². The first-order valence-corrected chi connectivity index (χ1v) is 9.17. The number of hydrogen-bond donors (Lipinski definition) is 2. The Bertz CT molecular complexity index is 880. The van der Waals surface area contributed by atoms with Crippen LogP contribution in [0, 0.1) is 0 Å². The Hall–Kier alpha value is -3.55. The summed E-state index contributed by atoms with van der Waals surface area (Å²) in [4.78, 5) is 37.2. The van der Waals surface area contributed by atoms with Gasteiger partial charge in [-0.25, -0.2) is 4.79 Å². The third kappa shape index (κ3) is 5.25. The summed E-state index contributed by atoms with van der Waals surface area (Å²) in [7, 11) is 1.59. The minimum absolute atomic E-state index is 0.0112. The van der Waals surface area contributed by atoms with Gasteiger partial charge >= 0.3 is 6.09 Å². The van der Waals surface area contributed by atoms with Crippen LogP contribution in [0.1, 0.15) is 18.1 Å². The molecule has 0 radical (unpaired) electrons. The fraction of sp³-hybridized carbons (Fsp3) is 0.286. The van der Waals surface area contributed by atoms with Crippen LogP contribution >= 0.6 is 0 Å². The van der Waals surface area contributed by atoms with Crippen LogP contribution in [-0.2, 0) is 27.4 Å². The second-order valence-corrected chi connectivity index (χ2v) is 6.66. The summed E-state index contributed by atoms with van der Waals surface area (Å²) >= 11 is 0. The van der Waals surface area contributed by atoms with Crippen molar-refractivity contribution >= 4 is 23.6 Å². The summed E-state index contributed by atoms with van der Waals surface area (Å²) in [6, 6.07) is 13.8. The molecule has 3 rings (SSSR count). The highest BCUT2D eigenvalue weighted by molar-refractivity contribution is 5.89. The zero-order valence-electron chi connectivity index (χ0n) is 16.3. The Morgan fingerprint density at radius 1 is 1.10 bits per heavy atom. The highest BCUT2D eigenvalue weighted by Gasteiger charge is 2.37. The van der Waals surface area contributed by atoms with E-state index in [-0.39, 0.29) is 25.0 Å². The van der Waals surface area contributed by atoms with Crippen molar-refractivity contribution in [2.75, 3.05) is 19.0 Å². The van der Waals surface area contributed by atoms with Crippen molar-refractivity contribution in [1.29, 1.82) is 0 Å². The Kier molecular flexibility index (Phi) is 6.33. The number of benzene rings is 2. The number of anilines is 1. The molecule has 3 amide bonds. The number of hydrogen-bond acceptors (Lipinski definition) is 5. The van der Waals surface area contributed by atoms with E-state index in [9.17, 15) is 14.4 Å². The van der Waals surface area contributed by atoms with Gasteiger partial charge in [-0.3, -0.25) is 14.5 Å². The molecule has 1 aliphatic rings. The van der Waals surface area contributed by atoms with Crippen molar-refractivity contribution in [1.82, 2.24) is 10.2 Å². The molecule has 0 spiro atoms. The van der Waals surface area contributed by atoms with E-state index >= 15 is 0 Å². The van der Waals surface area contributed by atoms with Crippen LogP contribution in [0.25, 0.3) is 0 Å². The highest BCUT2D eigenvalue weighted by atomic mass is 16.6. The normalized spacial score (nSPS) is 15.6. The zero-order chi connectivity index (χ0) is 20.8. The van der Waals surface area contributed by atoms with E-state index < -0.39 is 12.1 Å². The summed E-state index contributed by atoms with van der Waals surface area (Å²) in [6.45, 7) is 2.02. The number of amides is 3. The van der Waals surface area contributed by atoms with Crippen LogP contribution < -0.4 is 15.4 Å². The summed E-state index contributed by atoms with van der Waals surface area (Å²) in [5, 5.41) is 5.53. The lowest BCUT2D eigenvalue weighted by Gasteiger charge is -2.21. The zero-order valence-corrected chi connectivity index (χ0v) is 16.3. The van der Waals surface area contributed by atoms with Gasteiger partial charge in [-0.2, -0.15) is 0 Å². The van der Waals surface area contributed by atoms with E-state index in [2.05, 4.69) is 10.6 Å². The monoisotopic (exact) mass is 397 g/mol. The number of nitrogens with one attached hydrogen (secondary N) is 2. The van der Waals surface area contributed by atoms with Gasteiger partial charge in [-0.15, -0.1) is 0 Å². The van der Waals surface area contributed by atoms with Gasteiger partial charge in [-0.05, 0) is 35.4 Å². The smallest absolute Gasteiger partial charge is 0.410 e. The molecule has 0 aliphatic carbocycles. The summed E-state index contributed by atoms with van der Waals surface area (Å²) in [5.74, 6) is 0.307. The Labute approximate surface area is 168 Å². The van der Waals surface area contributed by atoms with E-state index in [0.717, 1.165) is 16.9 Å². The number of ether oxygens (including phenoxy) is 2. The van der Waals surface area contributed by atoms with Gasteiger partial charge in [0.25, 0.3) is 0 Å². The fourth-order valence-corrected chi connectivity index (χ4v) is 2.99. The van der Waals surface area contributed by atoms with Crippen LogP contribution in [0.15, 0.2) is 48.5 Å². The van der Waals surface area contributed by atoms with Crippen LogP contribution in [-0.4, -0.2) is 42.6 Å². The van der Waals surface area contributed by atoms with Gasteiger partial charge in [0.15, 0.2) is 0 Å². The van der Waals surface area contributed by atoms with Gasteiger partial charge in [0.1, 0.15) is 18.4 Å². The molecule has 1 aliphatic heterocycles. The molecule has 1 fully saturated rings. The molecular formula is C21H23N3O5. The van der Waals surface area contributed by atoms with Crippen molar-refractivity contribution < 1.29 is 23.9 Å². The molecule has 0 bridgehead atoms. The Morgan fingerprint density at radius 3 is 2.38 bits per heavy atom. The van der Waals surface area contributed by atoms with Gasteiger partial charge in [0, 0.05) is 19.2 Å². The Balaban J connectivity index is 1.60. The first kappa shape index (κ1) is 20.2. The van der Waals surface area contributed by atoms with E-state index in [1.165, 1.54) is 11.8 Å². The number of methoxy groups -OCH3 is 1. The lowest BCUT2D eigenvalue weighted by Crippen LogP contribution is -2.45. The number of rotatable bonds is 7. The minimum Gasteiger partial charge on any atom is -0.497 e. The van der Waals surface area contributed by atoms with E-state index in [1.807, 2.05) is 24.3 Å². The van der Waals surface area contributed by atoms with Gasteiger partial charge in [0.2, 0.25) is 11.8 Å². The average Bonchev–Trinajstić information content (AvgIpc) is 3.08. The molecular weight excluding hydrogens is 374 g/mol. The molecule has 0 unspecified atom stereocenters. The van der Waals surface area contributed by atoms with Crippen LogP contribution in [0.3, 0.4) is 0 Å². The maximum Gasteiger partial charge on any atom is 0.410 e. The summed E-state index contributed by atoms with van der Waals surface area (Å²) in [5.41, 5.74) is 2.41. The van der Waals surface area contributed by atoms with Crippen molar-refractivity contribution in [3.05, 3.63) is 59.7 Å². The molecule has 2 N–H and O–H groups in total. The maximum absolute atomic E-state index is 12.6. The van der Waals surface area contributed by atoms with E-state index in [0.29, 0.717) is 12.2 Å². The number of carbonyl (C=O) groups is 3. The highest BCUT2D eigenvalue weighted by Crippen LogP contribution is 2.19. The largest absolute Gasteiger partial charge is 0.497 e. The molecule has 8 nitrogen and oxygen atoms in total. The minimum atomic E-state index is -0.698. The fourth-order valence-electron chi connectivity index (χ4n) is 2.99. The molecule has 152 valence electrons. The SMILES string of the molecule is COc1ccc(CNC(=O)[C@@H]2COC(=O)N2Cc2ccc(NC(C)=O)cc2)cc1. The molecule has 1 atom stereocenters. The second-order valence-electron chi connectivity index (χ2n) is 6.66. The van der Waals surface area contributed by atoms with Crippen LogP contribution in [0.5, 0.6) is 5.75 Å². The average molecular weight is 397 g/mol. The van der Waals surface area contributed by atoms with E-state index in [4.69, 9.17) is 9.47 Å². The van der Waals surface area contributed by atoms with Crippen molar-refractivity contribution in [3.63, 3.8) is 0 Å². The molecule has 0 saturated carbocycles. The van der Waals surface area contributed by atoms with Crippen molar-refractivity contribution in [2.24, 2.45) is 0 Å². The predicted octanol–water partition coefficient (Wildman–Crippen LogP) is 2.29. The Morgan fingerprint density at radius 2 is 1.76 bits per heavy atom. The quantitative estimate of drug-likeness (QED) is 0.747. The second kappa shape index (κ2) is 9.09. The maximum atomic E-state index is 12.6. The third-order valence-electron chi connectivity index (χ3n) is 4.53. The van der Waals surface area contributed by atoms with Gasteiger partial charge < -0.3 is 20.1 Å².